The lowest BCUT2D eigenvalue weighted by atomic mass is 9.97. The Morgan fingerprint density at radius 2 is 1.97 bits per heavy atom. The van der Waals surface area contributed by atoms with Crippen molar-refractivity contribution in [3.8, 4) is 0 Å². The molecule has 2 aliphatic rings. The molecule has 1 aromatic carbocycles. The van der Waals surface area contributed by atoms with Gasteiger partial charge in [-0.1, -0.05) is 11.6 Å². The summed E-state index contributed by atoms with van der Waals surface area (Å²) in [5.74, 6) is -3.21. The number of nitrogens with zero attached hydrogens (tertiary/aromatic N) is 3. The number of aliphatic imine (C=N–C) groups is 1. The van der Waals surface area contributed by atoms with Crippen molar-refractivity contribution in [2.75, 3.05) is 18.0 Å². The predicted octanol–water partition coefficient (Wildman–Crippen LogP) is 3.88. The minimum absolute atomic E-state index is 0.164. The van der Waals surface area contributed by atoms with E-state index in [1.54, 1.807) is 0 Å². The molecule has 0 saturated carbocycles. The zero-order valence-corrected chi connectivity index (χ0v) is 19.3. The Hall–Kier alpha value is -2.99. The molecule has 4 N–H and O–H groups in total. The first-order valence-electron chi connectivity index (χ1n) is 10.7. The highest BCUT2D eigenvalue weighted by Crippen LogP contribution is 2.39. The van der Waals surface area contributed by atoms with Gasteiger partial charge in [-0.05, 0) is 38.1 Å². The number of fused-ring (bicyclic) bond motifs is 3. The van der Waals surface area contributed by atoms with Gasteiger partial charge in [0.1, 0.15) is 5.82 Å². The SMILES string of the molecule is C=N/C(N)=C(F)\C(C)=C(/Cc1c(Cl)cc2c(N3CC4CCC(C3)N4)nc(=O)[nH]c2c1F)C(F)(F)F. The highest BCUT2D eigenvalue weighted by molar-refractivity contribution is 6.32. The van der Waals surface area contributed by atoms with Crippen LogP contribution in [-0.4, -0.2) is 48.0 Å². The van der Waals surface area contributed by atoms with Crippen LogP contribution in [0.4, 0.5) is 27.8 Å². The molecule has 0 spiro atoms. The van der Waals surface area contributed by atoms with Gasteiger partial charge in [0.05, 0.1) is 5.52 Å². The monoisotopic (exact) mass is 516 g/mol. The summed E-state index contributed by atoms with van der Waals surface area (Å²) in [7, 11) is 0. The number of nitrogens with two attached hydrogens (primary N) is 1. The summed E-state index contributed by atoms with van der Waals surface area (Å²) in [5, 5.41) is 3.27. The molecule has 0 aliphatic carbocycles. The molecule has 2 unspecified atom stereocenters. The Balaban J connectivity index is 1.85. The average molecular weight is 517 g/mol. The van der Waals surface area contributed by atoms with Crippen molar-refractivity contribution in [3.05, 3.63) is 55.7 Å². The molecule has 188 valence electrons. The molecule has 3 heterocycles. The first-order chi connectivity index (χ1) is 16.4. The van der Waals surface area contributed by atoms with E-state index in [4.69, 9.17) is 17.3 Å². The van der Waals surface area contributed by atoms with Gasteiger partial charge in [0.25, 0.3) is 0 Å². The second kappa shape index (κ2) is 9.23. The minimum Gasteiger partial charge on any atom is -0.381 e. The summed E-state index contributed by atoms with van der Waals surface area (Å²) in [4.78, 5) is 23.5. The van der Waals surface area contributed by atoms with E-state index in [9.17, 15) is 22.4 Å². The van der Waals surface area contributed by atoms with Crippen molar-refractivity contribution in [2.45, 2.75) is 44.4 Å². The normalized spacial score (nSPS) is 21.7. The first kappa shape index (κ1) is 25.1. The van der Waals surface area contributed by atoms with Gasteiger partial charge in [-0.25, -0.2) is 18.6 Å². The fourth-order valence-electron chi connectivity index (χ4n) is 4.64. The van der Waals surface area contributed by atoms with E-state index in [2.05, 4.69) is 27.0 Å². The maximum atomic E-state index is 15.6. The van der Waals surface area contributed by atoms with Crippen molar-refractivity contribution in [2.24, 2.45) is 10.7 Å². The second-order valence-corrected chi connectivity index (χ2v) is 9.02. The van der Waals surface area contributed by atoms with Gasteiger partial charge >= 0.3 is 11.9 Å². The zero-order chi connectivity index (χ0) is 25.7. The lowest BCUT2D eigenvalue weighted by Gasteiger charge is -2.34. The van der Waals surface area contributed by atoms with Crippen LogP contribution in [0.1, 0.15) is 25.3 Å². The molecule has 4 rings (SSSR count). The third-order valence-electron chi connectivity index (χ3n) is 6.38. The van der Waals surface area contributed by atoms with Gasteiger partial charge in [0.15, 0.2) is 17.5 Å². The van der Waals surface area contributed by atoms with Crippen molar-refractivity contribution < 1.29 is 22.0 Å². The van der Waals surface area contributed by atoms with Crippen molar-refractivity contribution in [1.82, 2.24) is 15.3 Å². The van der Waals surface area contributed by atoms with E-state index in [1.165, 1.54) is 6.07 Å². The van der Waals surface area contributed by atoms with Crippen LogP contribution in [0.2, 0.25) is 5.02 Å². The van der Waals surface area contributed by atoms with E-state index in [0.717, 1.165) is 19.8 Å². The van der Waals surface area contributed by atoms with Gasteiger partial charge in [0, 0.05) is 53.1 Å². The second-order valence-electron chi connectivity index (χ2n) is 8.62. The molecule has 2 fully saturated rings. The van der Waals surface area contributed by atoms with Gasteiger partial charge in [-0.2, -0.15) is 18.2 Å². The van der Waals surface area contributed by atoms with Crippen molar-refractivity contribution in [3.63, 3.8) is 0 Å². The molecule has 2 saturated heterocycles. The predicted molar refractivity (Wildman–Crippen MR) is 124 cm³/mol. The molecular weight excluding hydrogens is 495 g/mol. The number of hydrogen-bond donors (Lipinski definition) is 3. The fraction of sp³-hybridized carbons (Fsp3) is 0.409. The number of H-pyrrole nitrogens is 1. The standard InChI is InChI=1S/C22H22ClF5N6O/c1-9(16(24)19(29)30-2)14(22(26,27)28)5-12-15(23)6-13-18(17(12)25)32-21(35)33-20(13)34-7-10-3-4-11(8-34)31-10/h6,10-11,31H,2-5,7-8,29H2,1H3,(H,32,33,35)/b14-9+,19-16+. The van der Waals surface area contributed by atoms with Crippen LogP contribution in [0.15, 0.2) is 38.6 Å². The number of alkyl halides is 3. The number of halogens is 6. The molecule has 2 bridgehead atoms. The van der Waals surface area contributed by atoms with E-state index >= 15 is 4.39 Å². The highest BCUT2D eigenvalue weighted by atomic mass is 35.5. The molecule has 2 aromatic rings. The molecule has 0 radical (unpaired) electrons. The summed E-state index contributed by atoms with van der Waals surface area (Å²) in [6.07, 6.45) is -4.25. The quantitative estimate of drug-likeness (QED) is 0.318. The first-order valence-corrected chi connectivity index (χ1v) is 11.1. The van der Waals surface area contributed by atoms with Crippen molar-refractivity contribution >= 4 is 35.0 Å². The number of piperazine rings is 1. The summed E-state index contributed by atoms with van der Waals surface area (Å²) in [6, 6.07) is 1.65. The van der Waals surface area contributed by atoms with Crippen molar-refractivity contribution in [1.29, 1.82) is 0 Å². The number of benzene rings is 1. The van der Waals surface area contributed by atoms with Crippen LogP contribution in [0.5, 0.6) is 0 Å². The number of allylic oxidation sites excluding steroid dienone is 3. The summed E-state index contributed by atoms with van der Waals surface area (Å²) >= 11 is 6.26. The van der Waals surface area contributed by atoms with E-state index in [-0.39, 0.29) is 33.8 Å². The summed E-state index contributed by atoms with van der Waals surface area (Å²) < 4.78 is 71.5. The number of aromatic nitrogens is 2. The molecule has 0 amide bonds. The number of hydrogen-bond acceptors (Lipinski definition) is 6. The van der Waals surface area contributed by atoms with Gasteiger partial charge in [0.2, 0.25) is 0 Å². The van der Waals surface area contributed by atoms with E-state index < -0.39 is 52.5 Å². The molecule has 7 nitrogen and oxygen atoms in total. The van der Waals surface area contributed by atoms with Crippen LogP contribution in [0.3, 0.4) is 0 Å². The van der Waals surface area contributed by atoms with Gasteiger partial charge in [-0.15, -0.1) is 0 Å². The Bertz CT molecular complexity index is 1310. The van der Waals surface area contributed by atoms with E-state index in [0.29, 0.717) is 13.1 Å². The minimum atomic E-state index is -5.04. The van der Waals surface area contributed by atoms with Crippen LogP contribution in [0, 0.1) is 5.82 Å². The molecule has 2 aliphatic heterocycles. The third-order valence-corrected chi connectivity index (χ3v) is 6.72. The molecule has 1 aromatic heterocycles. The maximum absolute atomic E-state index is 15.6. The topological polar surface area (TPSA) is 99.4 Å². The Morgan fingerprint density at radius 3 is 2.54 bits per heavy atom. The van der Waals surface area contributed by atoms with Gasteiger partial charge in [-0.3, -0.25) is 0 Å². The number of anilines is 1. The molecule has 13 heteroatoms. The summed E-state index contributed by atoms with van der Waals surface area (Å²) in [6.45, 7) is 4.92. The number of nitrogens with one attached hydrogen (secondary N) is 2. The smallest absolute Gasteiger partial charge is 0.381 e. The molecule has 35 heavy (non-hydrogen) atoms. The van der Waals surface area contributed by atoms with Crippen LogP contribution in [-0.2, 0) is 6.42 Å². The summed E-state index contributed by atoms with van der Waals surface area (Å²) in [5.41, 5.74) is 1.25. The largest absolute Gasteiger partial charge is 0.413 e. The van der Waals surface area contributed by atoms with Gasteiger partial charge < -0.3 is 20.9 Å². The lowest BCUT2D eigenvalue weighted by molar-refractivity contribution is -0.0940. The average Bonchev–Trinajstić information content (AvgIpc) is 3.14. The van der Waals surface area contributed by atoms with Crippen LogP contribution in [0.25, 0.3) is 10.9 Å². The fourth-order valence-corrected chi connectivity index (χ4v) is 4.90. The van der Waals surface area contributed by atoms with E-state index in [1.807, 2.05) is 4.90 Å². The van der Waals surface area contributed by atoms with Crippen LogP contribution < -0.4 is 21.6 Å². The third kappa shape index (κ3) is 4.76. The molecular formula is C22H22ClF5N6O. The zero-order valence-electron chi connectivity index (χ0n) is 18.6. The Kier molecular flexibility index (Phi) is 6.62. The maximum Gasteiger partial charge on any atom is 0.413 e. The number of aromatic amines is 1. The molecule has 2 atom stereocenters. The van der Waals surface area contributed by atoms with Crippen LogP contribution >= 0.6 is 11.6 Å². The Morgan fingerprint density at radius 1 is 1.34 bits per heavy atom. The highest BCUT2D eigenvalue weighted by Gasteiger charge is 2.38. The Labute approximate surface area is 201 Å². The number of rotatable bonds is 5. The lowest BCUT2D eigenvalue weighted by Crippen LogP contribution is -2.51.